The molecule has 3 aromatic heterocycles. The Morgan fingerprint density at radius 2 is 1.76 bits per heavy atom. The van der Waals surface area contributed by atoms with E-state index in [9.17, 15) is 0 Å². The molecule has 7 heteroatoms. The predicted octanol–water partition coefficient (Wildman–Crippen LogP) is 4.43. The molecular formula is C22H24N6S. The van der Waals surface area contributed by atoms with Gasteiger partial charge in [-0.1, -0.05) is 25.1 Å². The van der Waals surface area contributed by atoms with Gasteiger partial charge in [-0.2, -0.15) is 13.5 Å². The zero-order chi connectivity index (χ0) is 19.5. The number of pyridine rings is 1. The first-order valence-electron chi connectivity index (χ1n) is 9.31. The number of anilines is 1. The number of benzene rings is 1. The van der Waals surface area contributed by atoms with Crippen LogP contribution in [0.4, 0.5) is 5.82 Å². The maximum atomic E-state index is 4.51. The van der Waals surface area contributed by atoms with E-state index in [0.29, 0.717) is 0 Å². The minimum absolute atomic E-state index is 0. The zero-order valence-corrected chi connectivity index (χ0v) is 17.7. The number of para-hydroxylation sites is 1. The fourth-order valence-electron chi connectivity index (χ4n) is 3.24. The number of rotatable bonds is 5. The third-order valence-electron chi connectivity index (χ3n) is 4.89. The standard InChI is InChI=1S/C22H22N6.H2S/c1-14(18-5-4-6-19-16(3)25-12-28-22(18)19)10-24-21-9-20(26-13-27-21)17-8-7-15(2)23-11-17;/h4-9,11-14H,10H2,1-3H3,(H,24,26,27);1H2/t14-;/m1./s1. The molecule has 3 heterocycles. The Labute approximate surface area is 177 Å². The van der Waals surface area contributed by atoms with E-state index >= 15 is 0 Å². The molecule has 0 radical (unpaired) electrons. The van der Waals surface area contributed by atoms with Crippen LogP contribution in [0.25, 0.3) is 22.2 Å². The smallest absolute Gasteiger partial charge is 0.129 e. The number of aryl methyl sites for hydroxylation is 2. The maximum absolute atomic E-state index is 4.51. The first-order chi connectivity index (χ1) is 13.6. The number of aromatic nitrogens is 5. The van der Waals surface area contributed by atoms with Crippen LogP contribution in [-0.4, -0.2) is 31.5 Å². The molecular weight excluding hydrogens is 380 g/mol. The Morgan fingerprint density at radius 3 is 2.55 bits per heavy atom. The first-order valence-corrected chi connectivity index (χ1v) is 9.31. The van der Waals surface area contributed by atoms with E-state index in [0.717, 1.165) is 45.9 Å². The molecule has 29 heavy (non-hydrogen) atoms. The summed E-state index contributed by atoms with van der Waals surface area (Å²) in [5, 5.41) is 4.53. The van der Waals surface area contributed by atoms with Crippen LogP contribution in [0.15, 0.2) is 55.2 Å². The Morgan fingerprint density at radius 1 is 0.931 bits per heavy atom. The molecule has 0 aliphatic heterocycles. The van der Waals surface area contributed by atoms with Crippen molar-refractivity contribution >= 4 is 30.2 Å². The number of nitrogens with one attached hydrogen (secondary N) is 1. The van der Waals surface area contributed by atoms with Crippen molar-refractivity contribution in [2.24, 2.45) is 0 Å². The summed E-state index contributed by atoms with van der Waals surface area (Å²) in [6, 6.07) is 12.2. The third-order valence-corrected chi connectivity index (χ3v) is 4.89. The average molecular weight is 405 g/mol. The Hall–Kier alpha value is -3.06. The van der Waals surface area contributed by atoms with Crippen LogP contribution >= 0.6 is 13.5 Å². The second-order valence-electron chi connectivity index (χ2n) is 6.96. The van der Waals surface area contributed by atoms with Crippen LogP contribution in [0.5, 0.6) is 0 Å². The average Bonchev–Trinajstić information content (AvgIpc) is 2.73. The molecule has 1 N–H and O–H groups in total. The normalized spacial score (nSPS) is 11.7. The molecule has 0 spiro atoms. The summed E-state index contributed by atoms with van der Waals surface area (Å²) in [7, 11) is 0. The summed E-state index contributed by atoms with van der Waals surface area (Å²) in [6.07, 6.45) is 5.05. The van der Waals surface area contributed by atoms with Crippen LogP contribution in [0, 0.1) is 13.8 Å². The van der Waals surface area contributed by atoms with E-state index in [1.165, 1.54) is 5.56 Å². The lowest BCUT2D eigenvalue weighted by atomic mass is 9.97. The van der Waals surface area contributed by atoms with Crippen LogP contribution in [0.3, 0.4) is 0 Å². The fraction of sp³-hybridized carbons (Fsp3) is 0.227. The molecule has 4 rings (SSSR count). The lowest BCUT2D eigenvalue weighted by Crippen LogP contribution is -2.12. The van der Waals surface area contributed by atoms with Gasteiger partial charge in [0.15, 0.2) is 0 Å². The highest BCUT2D eigenvalue weighted by atomic mass is 32.1. The third kappa shape index (κ3) is 4.51. The molecule has 0 aliphatic carbocycles. The Bertz CT molecular complexity index is 1110. The summed E-state index contributed by atoms with van der Waals surface area (Å²) in [4.78, 5) is 21.9. The van der Waals surface area contributed by atoms with Crippen LogP contribution in [0.1, 0.15) is 29.8 Å². The van der Waals surface area contributed by atoms with Gasteiger partial charge in [0.1, 0.15) is 18.5 Å². The molecule has 1 aromatic carbocycles. The molecule has 0 saturated carbocycles. The van der Waals surface area contributed by atoms with Gasteiger partial charge in [0.05, 0.1) is 11.2 Å². The van der Waals surface area contributed by atoms with Gasteiger partial charge in [-0.25, -0.2) is 19.9 Å². The summed E-state index contributed by atoms with van der Waals surface area (Å²) in [5.74, 6) is 1.06. The highest BCUT2D eigenvalue weighted by Crippen LogP contribution is 2.25. The molecule has 1 atom stereocenters. The van der Waals surface area contributed by atoms with E-state index in [2.05, 4.69) is 55.4 Å². The minimum atomic E-state index is 0. The highest BCUT2D eigenvalue weighted by Gasteiger charge is 2.12. The molecule has 4 aromatic rings. The van der Waals surface area contributed by atoms with E-state index in [1.807, 2.05) is 38.2 Å². The molecule has 0 saturated heterocycles. The molecule has 0 unspecified atom stereocenters. The van der Waals surface area contributed by atoms with Crippen molar-refractivity contribution in [3.05, 3.63) is 72.2 Å². The zero-order valence-electron chi connectivity index (χ0n) is 16.7. The van der Waals surface area contributed by atoms with Gasteiger partial charge in [0.25, 0.3) is 0 Å². The molecule has 148 valence electrons. The van der Waals surface area contributed by atoms with E-state index in [1.54, 1.807) is 12.7 Å². The van der Waals surface area contributed by atoms with Gasteiger partial charge < -0.3 is 5.32 Å². The fourth-order valence-corrected chi connectivity index (χ4v) is 3.24. The SMILES string of the molecule is Cc1ccc(-c2cc(NC[C@@H](C)c3cccc4c(C)ncnc34)ncn2)cn1.S. The van der Waals surface area contributed by atoms with Gasteiger partial charge in [-0.05, 0) is 31.5 Å². The van der Waals surface area contributed by atoms with Gasteiger partial charge in [0.2, 0.25) is 0 Å². The van der Waals surface area contributed by atoms with Crippen LogP contribution in [0.2, 0.25) is 0 Å². The molecule has 0 fully saturated rings. The summed E-state index contributed by atoms with van der Waals surface area (Å²) < 4.78 is 0. The van der Waals surface area contributed by atoms with E-state index in [4.69, 9.17) is 0 Å². The topological polar surface area (TPSA) is 76.5 Å². The van der Waals surface area contributed by atoms with Crippen molar-refractivity contribution < 1.29 is 0 Å². The van der Waals surface area contributed by atoms with Crippen molar-refractivity contribution in [2.75, 3.05) is 11.9 Å². The molecule has 0 bridgehead atoms. The van der Waals surface area contributed by atoms with Crippen molar-refractivity contribution in [3.63, 3.8) is 0 Å². The summed E-state index contributed by atoms with van der Waals surface area (Å²) in [6.45, 7) is 6.91. The number of nitrogens with zero attached hydrogens (tertiary/aromatic N) is 5. The Balaban J connectivity index is 0.00000240. The number of hydrogen-bond donors (Lipinski definition) is 1. The predicted molar refractivity (Wildman–Crippen MR) is 122 cm³/mol. The quantitative estimate of drug-likeness (QED) is 0.530. The Kier molecular flexibility index (Phi) is 6.39. The van der Waals surface area contributed by atoms with Crippen LogP contribution in [-0.2, 0) is 0 Å². The largest absolute Gasteiger partial charge is 0.369 e. The molecule has 0 amide bonds. The van der Waals surface area contributed by atoms with Crippen molar-refractivity contribution in [1.82, 2.24) is 24.9 Å². The molecule has 6 nitrogen and oxygen atoms in total. The molecule has 0 aliphatic rings. The second-order valence-corrected chi connectivity index (χ2v) is 6.96. The number of hydrogen-bond acceptors (Lipinski definition) is 6. The summed E-state index contributed by atoms with van der Waals surface area (Å²) >= 11 is 0. The van der Waals surface area contributed by atoms with Crippen molar-refractivity contribution in [1.29, 1.82) is 0 Å². The van der Waals surface area contributed by atoms with Crippen molar-refractivity contribution in [2.45, 2.75) is 26.7 Å². The van der Waals surface area contributed by atoms with Gasteiger partial charge in [0, 0.05) is 47.1 Å². The minimum Gasteiger partial charge on any atom is -0.369 e. The van der Waals surface area contributed by atoms with Crippen molar-refractivity contribution in [3.8, 4) is 11.3 Å². The lowest BCUT2D eigenvalue weighted by molar-refractivity contribution is 0.805. The van der Waals surface area contributed by atoms with Gasteiger partial charge in [-0.3, -0.25) is 4.98 Å². The maximum Gasteiger partial charge on any atom is 0.129 e. The van der Waals surface area contributed by atoms with Gasteiger partial charge >= 0.3 is 0 Å². The number of fused-ring (bicyclic) bond motifs is 1. The second kappa shape index (κ2) is 8.96. The highest BCUT2D eigenvalue weighted by molar-refractivity contribution is 7.59. The van der Waals surface area contributed by atoms with E-state index < -0.39 is 0 Å². The lowest BCUT2D eigenvalue weighted by Gasteiger charge is -2.16. The monoisotopic (exact) mass is 404 g/mol. The van der Waals surface area contributed by atoms with Crippen LogP contribution < -0.4 is 5.32 Å². The summed E-state index contributed by atoms with van der Waals surface area (Å²) in [5.41, 5.74) is 6.03. The van der Waals surface area contributed by atoms with Gasteiger partial charge in [-0.15, -0.1) is 0 Å². The first kappa shape index (κ1) is 20.7. The van der Waals surface area contributed by atoms with E-state index in [-0.39, 0.29) is 19.4 Å².